The number of nitrogens with zero attached hydrogens (tertiary/aromatic N) is 1. The van der Waals surface area contributed by atoms with Gasteiger partial charge in [-0.2, -0.15) is 0 Å². The highest BCUT2D eigenvalue weighted by Gasteiger charge is 2.16. The minimum Gasteiger partial charge on any atom is -0.399 e. The van der Waals surface area contributed by atoms with E-state index < -0.39 is 11.8 Å². The molecule has 0 bridgehead atoms. The van der Waals surface area contributed by atoms with E-state index in [0.717, 1.165) is 0 Å². The molecule has 7 nitrogen and oxygen atoms in total. The van der Waals surface area contributed by atoms with Crippen LogP contribution in [-0.2, 0) is 9.59 Å². The fourth-order valence-corrected chi connectivity index (χ4v) is 1.65. The second-order valence-electron chi connectivity index (χ2n) is 3.97. The van der Waals surface area contributed by atoms with Gasteiger partial charge in [0.15, 0.2) is 5.82 Å². The van der Waals surface area contributed by atoms with E-state index in [1.54, 1.807) is 13.0 Å². The van der Waals surface area contributed by atoms with Gasteiger partial charge in [0.1, 0.15) is 5.76 Å². The average Bonchev–Trinajstić information content (AvgIpc) is 2.78. The predicted molar refractivity (Wildman–Crippen MR) is 74.4 cm³/mol. The molecule has 0 unspecified atom stereocenters. The van der Waals surface area contributed by atoms with Crippen LogP contribution in [0.2, 0.25) is 5.02 Å². The van der Waals surface area contributed by atoms with E-state index in [4.69, 9.17) is 21.9 Å². The third-order valence-corrected chi connectivity index (χ3v) is 2.63. The SMILES string of the molecule is Cc1cc(NC(=O)C(=O)Nc2ccc(N)cc2Cl)no1. The first kappa shape index (κ1) is 13.9. The summed E-state index contributed by atoms with van der Waals surface area (Å²) < 4.78 is 4.76. The summed E-state index contributed by atoms with van der Waals surface area (Å²) in [7, 11) is 0. The predicted octanol–water partition coefficient (Wildman–Crippen LogP) is 1.80. The molecular weight excluding hydrogens is 284 g/mol. The van der Waals surface area contributed by atoms with Crippen LogP contribution in [0.3, 0.4) is 0 Å². The number of hydrogen-bond donors (Lipinski definition) is 3. The maximum Gasteiger partial charge on any atom is 0.315 e. The van der Waals surface area contributed by atoms with E-state index in [0.29, 0.717) is 11.4 Å². The molecule has 1 aromatic carbocycles. The molecule has 0 saturated carbocycles. The lowest BCUT2D eigenvalue weighted by atomic mass is 10.3. The first-order chi connectivity index (χ1) is 9.45. The Bertz CT molecular complexity index is 668. The zero-order valence-corrected chi connectivity index (χ0v) is 11.2. The van der Waals surface area contributed by atoms with Crippen molar-refractivity contribution >= 4 is 40.6 Å². The first-order valence-corrected chi connectivity index (χ1v) is 5.94. The standard InChI is InChI=1S/C12H11ClN4O3/c1-6-4-10(17-20-6)16-12(19)11(18)15-9-3-2-7(14)5-8(9)13/h2-5H,14H2,1H3,(H,15,18)(H,16,17,19). The Morgan fingerprint density at radius 1 is 1.25 bits per heavy atom. The number of anilines is 3. The van der Waals surface area contributed by atoms with Crippen LogP contribution in [0.5, 0.6) is 0 Å². The number of halogens is 1. The average molecular weight is 295 g/mol. The van der Waals surface area contributed by atoms with Gasteiger partial charge in [-0.15, -0.1) is 0 Å². The number of amides is 2. The van der Waals surface area contributed by atoms with Crippen molar-refractivity contribution in [1.29, 1.82) is 0 Å². The normalized spacial score (nSPS) is 10.1. The number of benzene rings is 1. The first-order valence-electron chi connectivity index (χ1n) is 5.56. The Kier molecular flexibility index (Phi) is 3.90. The fraction of sp³-hybridized carbons (Fsp3) is 0.0833. The summed E-state index contributed by atoms with van der Waals surface area (Å²) in [5.41, 5.74) is 6.27. The Balaban J connectivity index is 2.02. The molecule has 104 valence electrons. The van der Waals surface area contributed by atoms with E-state index in [9.17, 15) is 9.59 Å². The van der Waals surface area contributed by atoms with E-state index in [2.05, 4.69) is 15.8 Å². The number of carbonyl (C=O) groups is 2. The number of nitrogens with two attached hydrogens (primary N) is 1. The van der Waals surface area contributed by atoms with Gasteiger partial charge in [0.2, 0.25) is 0 Å². The topological polar surface area (TPSA) is 110 Å². The van der Waals surface area contributed by atoms with Gasteiger partial charge in [0.25, 0.3) is 0 Å². The highest BCUT2D eigenvalue weighted by atomic mass is 35.5. The maximum absolute atomic E-state index is 11.7. The molecule has 0 atom stereocenters. The number of hydrogen-bond acceptors (Lipinski definition) is 5. The largest absolute Gasteiger partial charge is 0.399 e. The summed E-state index contributed by atoms with van der Waals surface area (Å²) in [6, 6.07) is 6.01. The molecule has 0 aliphatic heterocycles. The fourth-order valence-electron chi connectivity index (χ4n) is 1.41. The monoisotopic (exact) mass is 294 g/mol. The molecule has 4 N–H and O–H groups in total. The van der Waals surface area contributed by atoms with Crippen molar-refractivity contribution in [1.82, 2.24) is 5.16 Å². The summed E-state index contributed by atoms with van der Waals surface area (Å²) in [6.45, 7) is 1.66. The van der Waals surface area contributed by atoms with Gasteiger partial charge in [-0.1, -0.05) is 16.8 Å². The van der Waals surface area contributed by atoms with E-state index >= 15 is 0 Å². The van der Waals surface area contributed by atoms with E-state index in [1.165, 1.54) is 18.2 Å². The minimum atomic E-state index is -0.883. The molecule has 2 rings (SSSR count). The van der Waals surface area contributed by atoms with Crippen LogP contribution in [-0.4, -0.2) is 17.0 Å². The third-order valence-electron chi connectivity index (χ3n) is 2.32. The molecule has 0 radical (unpaired) electrons. The summed E-state index contributed by atoms with van der Waals surface area (Å²) in [6.07, 6.45) is 0. The lowest BCUT2D eigenvalue weighted by molar-refractivity contribution is -0.133. The number of nitrogens with one attached hydrogen (secondary N) is 2. The highest BCUT2D eigenvalue weighted by Crippen LogP contribution is 2.23. The van der Waals surface area contributed by atoms with Gasteiger partial charge in [-0.3, -0.25) is 14.9 Å². The van der Waals surface area contributed by atoms with Crippen molar-refractivity contribution in [2.45, 2.75) is 6.92 Å². The van der Waals surface area contributed by atoms with Gasteiger partial charge in [0.05, 0.1) is 10.7 Å². The van der Waals surface area contributed by atoms with Gasteiger partial charge in [-0.05, 0) is 25.1 Å². The molecule has 1 heterocycles. The van der Waals surface area contributed by atoms with E-state index in [1.807, 2.05) is 0 Å². The molecular formula is C12H11ClN4O3. The quantitative estimate of drug-likeness (QED) is 0.578. The molecule has 1 aromatic heterocycles. The van der Waals surface area contributed by atoms with E-state index in [-0.39, 0.29) is 16.5 Å². The summed E-state index contributed by atoms with van der Waals surface area (Å²) >= 11 is 5.89. The number of aryl methyl sites for hydroxylation is 1. The summed E-state index contributed by atoms with van der Waals surface area (Å²) in [5.74, 6) is -1.09. The summed E-state index contributed by atoms with van der Waals surface area (Å²) in [4.78, 5) is 23.3. The minimum absolute atomic E-state index is 0.158. The number of aromatic nitrogens is 1. The van der Waals surface area contributed by atoms with Crippen LogP contribution in [0.25, 0.3) is 0 Å². The molecule has 2 aromatic rings. The van der Waals surface area contributed by atoms with Crippen molar-refractivity contribution in [3.8, 4) is 0 Å². The molecule has 2 amide bonds. The number of nitrogen functional groups attached to an aromatic ring is 1. The van der Waals surface area contributed by atoms with Crippen LogP contribution in [0.4, 0.5) is 17.2 Å². The van der Waals surface area contributed by atoms with Crippen LogP contribution >= 0.6 is 11.6 Å². The van der Waals surface area contributed by atoms with Crippen LogP contribution in [0.15, 0.2) is 28.8 Å². The van der Waals surface area contributed by atoms with Crippen LogP contribution in [0, 0.1) is 6.92 Å². The maximum atomic E-state index is 11.7. The van der Waals surface area contributed by atoms with Gasteiger partial charge < -0.3 is 15.6 Å². The molecule has 20 heavy (non-hydrogen) atoms. The molecule has 8 heteroatoms. The van der Waals surface area contributed by atoms with Crippen molar-refractivity contribution in [2.24, 2.45) is 0 Å². The Morgan fingerprint density at radius 2 is 1.95 bits per heavy atom. The van der Waals surface area contributed by atoms with Crippen LogP contribution in [0.1, 0.15) is 5.76 Å². The molecule has 0 fully saturated rings. The Morgan fingerprint density at radius 3 is 2.55 bits per heavy atom. The third kappa shape index (κ3) is 3.27. The van der Waals surface area contributed by atoms with Gasteiger partial charge in [-0.25, -0.2) is 0 Å². The Labute approximate surface area is 119 Å². The van der Waals surface area contributed by atoms with Crippen molar-refractivity contribution < 1.29 is 14.1 Å². The van der Waals surface area contributed by atoms with Crippen molar-refractivity contribution in [3.05, 3.63) is 35.0 Å². The van der Waals surface area contributed by atoms with Crippen molar-refractivity contribution in [2.75, 3.05) is 16.4 Å². The Hall–Kier alpha value is -2.54. The van der Waals surface area contributed by atoms with Crippen molar-refractivity contribution in [3.63, 3.8) is 0 Å². The zero-order valence-electron chi connectivity index (χ0n) is 10.4. The lowest BCUT2D eigenvalue weighted by Crippen LogP contribution is -2.29. The lowest BCUT2D eigenvalue weighted by Gasteiger charge is -2.07. The molecule has 0 spiro atoms. The number of carbonyl (C=O) groups excluding carboxylic acids is 2. The number of rotatable bonds is 2. The van der Waals surface area contributed by atoms with Gasteiger partial charge in [0, 0.05) is 11.8 Å². The molecule has 0 saturated heterocycles. The smallest absolute Gasteiger partial charge is 0.315 e. The highest BCUT2D eigenvalue weighted by molar-refractivity contribution is 6.44. The molecule has 0 aliphatic carbocycles. The summed E-state index contributed by atoms with van der Waals surface area (Å²) in [5, 5.41) is 8.44. The van der Waals surface area contributed by atoms with Crippen LogP contribution < -0.4 is 16.4 Å². The van der Waals surface area contributed by atoms with Gasteiger partial charge >= 0.3 is 11.8 Å². The second-order valence-corrected chi connectivity index (χ2v) is 4.38. The zero-order chi connectivity index (χ0) is 14.7. The molecule has 0 aliphatic rings. The second kappa shape index (κ2) is 5.62.